The lowest BCUT2D eigenvalue weighted by atomic mass is 9.92. The third-order valence-corrected chi connectivity index (χ3v) is 3.54. The highest BCUT2D eigenvalue weighted by atomic mass is 79.9. The van der Waals surface area contributed by atoms with Gasteiger partial charge in [0.1, 0.15) is 5.60 Å². The van der Waals surface area contributed by atoms with Crippen LogP contribution in [0.2, 0.25) is 0 Å². The van der Waals surface area contributed by atoms with Gasteiger partial charge in [-0.25, -0.2) is 0 Å². The van der Waals surface area contributed by atoms with E-state index in [0.717, 1.165) is 10.0 Å². The van der Waals surface area contributed by atoms with Gasteiger partial charge in [-0.1, -0.05) is 15.9 Å². The Morgan fingerprint density at radius 3 is 2.75 bits per heavy atom. The lowest BCUT2D eigenvalue weighted by molar-refractivity contribution is -0.156. The van der Waals surface area contributed by atoms with Crippen molar-refractivity contribution in [3.63, 3.8) is 0 Å². The fourth-order valence-corrected chi connectivity index (χ4v) is 2.61. The summed E-state index contributed by atoms with van der Waals surface area (Å²) in [6, 6.07) is 5.36. The standard InChI is InChI=1S/C15H18BrNO3/c1-15(2,3)20-14(19)11-6-7-17-13(18)10-5-4-9(16)8-12(10)11/h4-5,8,11H,6-7H2,1-3H3,(H,17,18). The summed E-state index contributed by atoms with van der Waals surface area (Å²) < 4.78 is 6.32. The summed E-state index contributed by atoms with van der Waals surface area (Å²) in [7, 11) is 0. The smallest absolute Gasteiger partial charge is 0.314 e. The van der Waals surface area contributed by atoms with Crippen molar-refractivity contribution in [2.24, 2.45) is 0 Å². The Hall–Kier alpha value is -1.36. The molecular weight excluding hydrogens is 322 g/mol. The van der Waals surface area contributed by atoms with E-state index in [1.54, 1.807) is 12.1 Å². The number of halogens is 1. The average molecular weight is 340 g/mol. The molecule has 0 aromatic heterocycles. The molecule has 0 saturated heterocycles. The summed E-state index contributed by atoms with van der Waals surface area (Å²) >= 11 is 3.39. The van der Waals surface area contributed by atoms with Crippen molar-refractivity contribution in [1.29, 1.82) is 0 Å². The highest BCUT2D eigenvalue weighted by Crippen LogP contribution is 2.30. The molecule has 0 aliphatic carbocycles. The van der Waals surface area contributed by atoms with Gasteiger partial charge < -0.3 is 10.1 Å². The van der Waals surface area contributed by atoms with Crippen molar-refractivity contribution in [3.8, 4) is 0 Å². The van der Waals surface area contributed by atoms with Crippen LogP contribution in [0.25, 0.3) is 0 Å². The summed E-state index contributed by atoms with van der Waals surface area (Å²) in [5.41, 5.74) is 0.734. The molecule has 1 aliphatic rings. The number of benzene rings is 1. The van der Waals surface area contributed by atoms with E-state index in [0.29, 0.717) is 18.5 Å². The number of esters is 1. The third kappa shape index (κ3) is 3.39. The van der Waals surface area contributed by atoms with Crippen molar-refractivity contribution >= 4 is 27.8 Å². The Balaban J connectivity index is 2.40. The third-order valence-electron chi connectivity index (χ3n) is 3.04. The molecule has 4 nitrogen and oxygen atoms in total. The Bertz CT molecular complexity index is 549. The molecule has 1 unspecified atom stereocenters. The summed E-state index contributed by atoms with van der Waals surface area (Å²) in [6.45, 7) is 5.99. The molecule has 1 atom stereocenters. The number of hydrogen-bond acceptors (Lipinski definition) is 3. The van der Waals surface area contributed by atoms with Gasteiger partial charge in [0.25, 0.3) is 5.91 Å². The van der Waals surface area contributed by atoms with Crippen molar-refractivity contribution in [3.05, 3.63) is 33.8 Å². The average Bonchev–Trinajstić information content (AvgIpc) is 2.46. The van der Waals surface area contributed by atoms with Crippen LogP contribution >= 0.6 is 15.9 Å². The van der Waals surface area contributed by atoms with Gasteiger partial charge in [0.15, 0.2) is 0 Å². The minimum Gasteiger partial charge on any atom is -0.459 e. The first-order valence-electron chi connectivity index (χ1n) is 6.58. The highest BCUT2D eigenvalue weighted by molar-refractivity contribution is 9.10. The molecular formula is C15H18BrNO3. The Labute approximate surface area is 127 Å². The number of fused-ring (bicyclic) bond motifs is 1. The van der Waals surface area contributed by atoms with E-state index in [-0.39, 0.29) is 11.9 Å². The Kier molecular flexibility index (Phi) is 4.18. The molecule has 0 spiro atoms. The van der Waals surface area contributed by atoms with E-state index in [1.165, 1.54) is 0 Å². The maximum absolute atomic E-state index is 12.4. The predicted molar refractivity (Wildman–Crippen MR) is 79.7 cm³/mol. The molecule has 0 radical (unpaired) electrons. The SMILES string of the molecule is CC(C)(C)OC(=O)C1CCNC(=O)c2ccc(Br)cc21. The fourth-order valence-electron chi connectivity index (χ4n) is 2.23. The highest BCUT2D eigenvalue weighted by Gasteiger charge is 2.31. The van der Waals surface area contributed by atoms with E-state index in [1.807, 2.05) is 26.8 Å². The minimum absolute atomic E-state index is 0.140. The van der Waals surface area contributed by atoms with Crippen LogP contribution in [0.1, 0.15) is 49.0 Å². The first kappa shape index (κ1) is 15.0. The maximum Gasteiger partial charge on any atom is 0.314 e. The van der Waals surface area contributed by atoms with Crippen LogP contribution in [0.3, 0.4) is 0 Å². The van der Waals surface area contributed by atoms with Gasteiger partial charge in [0.2, 0.25) is 0 Å². The first-order valence-corrected chi connectivity index (χ1v) is 7.38. The quantitative estimate of drug-likeness (QED) is 0.800. The second-order valence-corrected chi connectivity index (χ2v) is 6.78. The molecule has 2 rings (SSSR count). The lowest BCUT2D eigenvalue weighted by Gasteiger charge is -2.24. The normalized spacial score (nSPS) is 18.8. The van der Waals surface area contributed by atoms with Crippen molar-refractivity contribution in [2.75, 3.05) is 6.54 Å². The van der Waals surface area contributed by atoms with Crippen LogP contribution in [0.5, 0.6) is 0 Å². The van der Waals surface area contributed by atoms with Crippen molar-refractivity contribution in [2.45, 2.75) is 38.7 Å². The van der Waals surface area contributed by atoms with Gasteiger partial charge in [-0.05, 0) is 51.0 Å². The molecule has 0 bridgehead atoms. The molecule has 0 saturated carbocycles. The molecule has 108 valence electrons. The van der Waals surface area contributed by atoms with Crippen LogP contribution < -0.4 is 5.32 Å². The van der Waals surface area contributed by atoms with E-state index in [4.69, 9.17) is 4.74 Å². The zero-order valence-electron chi connectivity index (χ0n) is 11.8. The number of carbonyl (C=O) groups is 2. The van der Waals surface area contributed by atoms with E-state index >= 15 is 0 Å². The molecule has 1 heterocycles. The zero-order valence-corrected chi connectivity index (χ0v) is 13.4. The Morgan fingerprint density at radius 2 is 2.10 bits per heavy atom. The summed E-state index contributed by atoms with van der Waals surface area (Å²) in [5, 5.41) is 2.81. The molecule has 0 fully saturated rings. The molecule has 1 aromatic carbocycles. The number of carbonyl (C=O) groups excluding carboxylic acids is 2. The molecule has 1 amide bonds. The monoisotopic (exact) mass is 339 g/mol. The molecule has 20 heavy (non-hydrogen) atoms. The van der Waals surface area contributed by atoms with Gasteiger partial charge in [-0.15, -0.1) is 0 Å². The van der Waals surface area contributed by atoms with Crippen LogP contribution in [0.4, 0.5) is 0 Å². The Morgan fingerprint density at radius 1 is 1.40 bits per heavy atom. The topological polar surface area (TPSA) is 55.4 Å². The van der Waals surface area contributed by atoms with Gasteiger partial charge in [-0.2, -0.15) is 0 Å². The maximum atomic E-state index is 12.4. The van der Waals surface area contributed by atoms with E-state index in [9.17, 15) is 9.59 Å². The van der Waals surface area contributed by atoms with Crippen LogP contribution in [0.15, 0.2) is 22.7 Å². The summed E-state index contributed by atoms with van der Waals surface area (Å²) in [4.78, 5) is 24.4. The van der Waals surface area contributed by atoms with Gasteiger partial charge in [0, 0.05) is 16.6 Å². The summed E-state index contributed by atoms with van der Waals surface area (Å²) in [5.74, 6) is -0.840. The number of nitrogens with one attached hydrogen (secondary N) is 1. The van der Waals surface area contributed by atoms with E-state index in [2.05, 4.69) is 21.2 Å². The first-order chi connectivity index (χ1) is 9.28. The van der Waals surface area contributed by atoms with Gasteiger partial charge in [-0.3, -0.25) is 9.59 Å². The van der Waals surface area contributed by atoms with Crippen LogP contribution in [-0.2, 0) is 9.53 Å². The molecule has 5 heteroatoms. The van der Waals surface area contributed by atoms with E-state index < -0.39 is 11.5 Å². The zero-order chi connectivity index (χ0) is 14.9. The van der Waals surface area contributed by atoms with Crippen molar-refractivity contribution < 1.29 is 14.3 Å². The fraction of sp³-hybridized carbons (Fsp3) is 0.467. The van der Waals surface area contributed by atoms with Gasteiger partial charge in [0.05, 0.1) is 5.92 Å². The van der Waals surface area contributed by atoms with Crippen LogP contribution in [0, 0.1) is 0 Å². The number of amides is 1. The largest absolute Gasteiger partial charge is 0.459 e. The van der Waals surface area contributed by atoms with Crippen molar-refractivity contribution in [1.82, 2.24) is 5.32 Å². The molecule has 1 aliphatic heterocycles. The van der Waals surface area contributed by atoms with Gasteiger partial charge >= 0.3 is 5.97 Å². The second kappa shape index (κ2) is 5.56. The number of hydrogen-bond donors (Lipinski definition) is 1. The number of rotatable bonds is 1. The predicted octanol–water partition coefficient (Wildman–Crippen LogP) is 3.01. The molecule has 1 aromatic rings. The minimum atomic E-state index is -0.535. The molecule has 1 N–H and O–H groups in total. The summed E-state index contributed by atoms with van der Waals surface area (Å²) in [6.07, 6.45) is 0.546. The van der Waals surface area contributed by atoms with Crippen LogP contribution in [-0.4, -0.2) is 24.0 Å². The number of ether oxygens (including phenoxy) is 1. The lowest BCUT2D eigenvalue weighted by Crippen LogP contribution is -2.28. The second-order valence-electron chi connectivity index (χ2n) is 5.86.